The molecule has 1 aromatic carbocycles. The first kappa shape index (κ1) is 17.6. The Hall–Kier alpha value is -2.21. The molecule has 0 spiro atoms. The van der Waals surface area contributed by atoms with E-state index in [-0.39, 0.29) is 17.6 Å². The number of rotatable bonds is 6. The Morgan fingerprint density at radius 1 is 1.32 bits per heavy atom. The predicted molar refractivity (Wildman–Crippen MR) is 100 cm³/mol. The lowest BCUT2D eigenvalue weighted by Crippen LogP contribution is -2.42. The van der Waals surface area contributed by atoms with Crippen LogP contribution in [0.1, 0.15) is 35.3 Å². The molecular formula is C19H23N3O2S. The lowest BCUT2D eigenvalue weighted by atomic mass is 9.90. The SMILES string of the molecule is CNc1nc(C(=O)N2CCC[C@H](C(=O)CCc3ccccc3)C2)cs1. The van der Waals surface area contributed by atoms with E-state index in [4.69, 9.17) is 0 Å². The molecule has 1 amide bonds. The number of piperidine rings is 1. The van der Waals surface area contributed by atoms with Crippen molar-refractivity contribution in [2.24, 2.45) is 5.92 Å². The number of hydrogen-bond donors (Lipinski definition) is 1. The Bertz CT molecular complexity index is 729. The van der Waals surface area contributed by atoms with Crippen molar-refractivity contribution < 1.29 is 9.59 Å². The minimum absolute atomic E-state index is 0.0520. The van der Waals surface area contributed by atoms with Gasteiger partial charge >= 0.3 is 0 Å². The van der Waals surface area contributed by atoms with Crippen molar-refractivity contribution in [3.63, 3.8) is 0 Å². The van der Waals surface area contributed by atoms with E-state index in [2.05, 4.69) is 10.3 Å². The summed E-state index contributed by atoms with van der Waals surface area (Å²) >= 11 is 1.42. The number of carbonyl (C=O) groups is 2. The zero-order valence-corrected chi connectivity index (χ0v) is 15.2. The Balaban J connectivity index is 1.56. The van der Waals surface area contributed by atoms with E-state index >= 15 is 0 Å². The fraction of sp³-hybridized carbons (Fsp3) is 0.421. The van der Waals surface area contributed by atoms with Gasteiger partial charge in [0.25, 0.3) is 5.91 Å². The normalized spacial score (nSPS) is 17.3. The molecule has 1 saturated heterocycles. The van der Waals surface area contributed by atoms with Crippen LogP contribution in [-0.2, 0) is 11.2 Å². The third-order valence-electron chi connectivity index (χ3n) is 4.60. The van der Waals surface area contributed by atoms with Crippen LogP contribution in [0.4, 0.5) is 5.13 Å². The summed E-state index contributed by atoms with van der Waals surface area (Å²) in [4.78, 5) is 31.2. The van der Waals surface area contributed by atoms with Crippen molar-refractivity contribution in [3.05, 3.63) is 47.0 Å². The van der Waals surface area contributed by atoms with Crippen molar-refractivity contribution in [2.45, 2.75) is 25.7 Å². The predicted octanol–water partition coefficient (Wildman–Crippen LogP) is 3.24. The first-order valence-corrected chi connectivity index (χ1v) is 9.54. The summed E-state index contributed by atoms with van der Waals surface area (Å²) in [6.07, 6.45) is 3.05. The van der Waals surface area contributed by atoms with Gasteiger partial charge in [0.15, 0.2) is 5.13 Å². The Labute approximate surface area is 152 Å². The summed E-state index contributed by atoms with van der Waals surface area (Å²) in [7, 11) is 1.79. The quantitative estimate of drug-likeness (QED) is 0.862. The monoisotopic (exact) mass is 357 g/mol. The lowest BCUT2D eigenvalue weighted by molar-refractivity contribution is -0.124. The molecule has 1 aromatic heterocycles. The highest BCUT2D eigenvalue weighted by molar-refractivity contribution is 7.13. The highest BCUT2D eigenvalue weighted by atomic mass is 32.1. The largest absolute Gasteiger partial charge is 0.365 e. The molecule has 0 bridgehead atoms. The maximum atomic E-state index is 12.6. The zero-order chi connectivity index (χ0) is 17.6. The van der Waals surface area contributed by atoms with Crippen LogP contribution in [-0.4, -0.2) is 41.7 Å². The summed E-state index contributed by atoms with van der Waals surface area (Å²) in [5.41, 5.74) is 1.65. The van der Waals surface area contributed by atoms with E-state index in [0.717, 1.165) is 24.4 Å². The van der Waals surface area contributed by atoms with Crippen LogP contribution in [0.15, 0.2) is 35.7 Å². The van der Waals surface area contributed by atoms with Gasteiger partial charge in [0.2, 0.25) is 0 Å². The van der Waals surface area contributed by atoms with E-state index in [1.807, 2.05) is 30.3 Å². The van der Waals surface area contributed by atoms with Crippen molar-refractivity contribution in [2.75, 3.05) is 25.5 Å². The van der Waals surface area contributed by atoms with Gasteiger partial charge < -0.3 is 10.2 Å². The molecule has 1 N–H and O–H groups in total. The third-order valence-corrected chi connectivity index (χ3v) is 5.46. The van der Waals surface area contributed by atoms with Gasteiger partial charge in [0.1, 0.15) is 11.5 Å². The molecule has 25 heavy (non-hydrogen) atoms. The number of Topliss-reactive ketones (excluding diaryl/α,β-unsaturated/α-hetero) is 1. The Morgan fingerprint density at radius 2 is 2.12 bits per heavy atom. The van der Waals surface area contributed by atoms with Gasteiger partial charge in [-0.2, -0.15) is 0 Å². The highest BCUT2D eigenvalue weighted by Crippen LogP contribution is 2.23. The van der Waals surface area contributed by atoms with Crippen LogP contribution in [0.5, 0.6) is 0 Å². The minimum atomic E-state index is -0.0710. The van der Waals surface area contributed by atoms with Gasteiger partial charge in [-0.05, 0) is 24.8 Å². The van der Waals surface area contributed by atoms with Crippen molar-refractivity contribution in [1.82, 2.24) is 9.88 Å². The number of nitrogens with zero attached hydrogens (tertiary/aromatic N) is 2. The van der Waals surface area contributed by atoms with Crippen LogP contribution in [0.3, 0.4) is 0 Å². The summed E-state index contributed by atoms with van der Waals surface area (Å²) in [5.74, 6) is 0.137. The second-order valence-electron chi connectivity index (χ2n) is 6.33. The van der Waals surface area contributed by atoms with E-state index in [1.165, 1.54) is 16.9 Å². The molecule has 5 nitrogen and oxygen atoms in total. The van der Waals surface area contributed by atoms with Gasteiger partial charge in [-0.3, -0.25) is 9.59 Å². The molecule has 0 aliphatic carbocycles. The molecule has 3 rings (SSSR count). The third kappa shape index (κ3) is 4.45. The van der Waals surface area contributed by atoms with Gasteiger partial charge in [-0.15, -0.1) is 11.3 Å². The lowest BCUT2D eigenvalue weighted by Gasteiger charge is -2.31. The molecule has 0 saturated carbocycles. The zero-order valence-electron chi connectivity index (χ0n) is 14.4. The van der Waals surface area contributed by atoms with Crippen LogP contribution in [0.25, 0.3) is 0 Å². The maximum absolute atomic E-state index is 12.6. The van der Waals surface area contributed by atoms with Crippen LogP contribution < -0.4 is 5.32 Å². The van der Waals surface area contributed by atoms with E-state index < -0.39 is 0 Å². The molecule has 132 valence electrons. The number of amides is 1. The average Bonchev–Trinajstić information content (AvgIpc) is 3.15. The summed E-state index contributed by atoms with van der Waals surface area (Å²) in [5, 5.41) is 5.45. The number of thiazole rings is 1. The number of carbonyl (C=O) groups excluding carboxylic acids is 2. The molecule has 1 fully saturated rings. The average molecular weight is 357 g/mol. The summed E-state index contributed by atoms with van der Waals surface area (Å²) in [6, 6.07) is 10.1. The van der Waals surface area contributed by atoms with Crippen molar-refractivity contribution >= 4 is 28.2 Å². The van der Waals surface area contributed by atoms with Gasteiger partial charge in [0, 0.05) is 37.9 Å². The van der Waals surface area contributed by atoms with Gasteiger partial charge in [0.05, 0.1) is 0 Å². The maximum Gasteiger partial charge on any atom is 0.273 e. The molecule has 1 aliphatic heterocycles. The number of aromatic nitrogens is 1. The summed E-state index contributed by atoms with van der Waals surface area (Å²) < 4.78 is 0. The topological polar surface area (TPSA) is 62.3 Å². The first-order valence-electron chi connectivity index (χ1n) is 8.66. The van der Waals surface area contributed by atoms with Crippen LogP contribution >= 0.6 is 11.3 Å². The second-order valence-corrected chi connectivity index (χ2v) is 7.19. The molecule has 2 aromatic rings. The smallest absolute Gasteiger partial charge is 0.273 e. The van der Waals surface area contributed by atoms with Crippen LogP contribution in [0, 0.1) is 5.92 Å². The number of likely N-dealkylation sites (tertiary alicyclic amines) is 1. The number of anilines is 1. The highest BCUT2D eigenvalue weighted by Gasteiger charge is 2.29. The fourth-order valence-corrected chi connectivity index (χ4v) is 3.84. The van der Waals surface area contributed by atoms with E-state index in [1.54, 1.807) is 17.3 Å². The Kier molecular flexibility index (Phi) is 5.81. The number of benzene rings is 1. The second kappa shape index (κ2) is 8.25. The molecule has 0 radical (unpaired) electrons. The number of nitrogens with one attached hydrogen (secondary N) is 1. The summed E-state index contributed by atoms with van der Waals surface area (Å²) in [6.45, 7) is 1.21. The molecule has 2 heterocycles. The van der Waals surface area contributed by atoms with Gasteiger partial charge in [-0.1, -0.05) is 30.3 Å². The number of hydrogen-bond acceptors (Lipinski definition) is 5. The van der Waals surface area contributed by atoms with Crippen LogP contribution in [0.2, 0.25) is 0 Å². The standard InChI is InChI=1S/C19H23N3O2S/c1-20-19-21-16(13-25-19)18(24)22-11-5-8-15(12-22)17(23)10-9-14-6-3-2-4-7-14/h2-4,6-7,13,15H,5,8-12H2,1H3,(H,20,21)/t15-/m0/s1. The number of aryl methyl sites for hydroxylation is 1. The molecule has 1 atom stereocenters. The van der Waals surface area contributed by atoms with Crippen molar-refractivity contribution in [1.29, 1.82) is 0 Å². The Morgan fingerprint density at radius 3 is 2.84 bits per heavy atom. The fourth-order valence-electron chi connectivity index (χ4n) is 3.19. The number of ketones is 1. The van der Waals surface area contributed by atoms with E-state index in [9.17, 15) is 9.59 Å². The minimum Gasteiger partial charge on any atom is -0.365 e. The molecule has 6 heteroatoms. The van der Waals surface area contributed by atoms with Gasteiger partial charge in [-0.25, -0.2) is 4.98 Å². The van der Waals surface area contributed by atoms with E-state index in [0.29, 0.717) is 25.2 Å². The van der Waals surface area contributed by atoms with Crippen molar-refractivity contribution in [3.8, 4) is 0 Å². The molecule has 0 unspecified atom stereocenters. The molecule has 1 aliphatic rings. The molecular weight excluding hydrogens is 334 g/mol. The first-order chi connectivity index (χ1) is 12.2.